The van der Waals surface area contributed by atoms with Gasteiger partial charge in [0.2, 0.25) is 0 Å². The largest absolute Gasteiger partial charge is 0.310 e. The maximum atomic E-state index is 4.30. The summed E-state index contributed by atoms with van der Waals surface area (Å²) in [5.41, 5.74) is 2.31. The molecule has 5 heteroatoms. The monoisotopic (exact) mass is 385 g/mol. The minimum absolute atomic E-state index is 0.356. The Morgan fingerprint density at radius 2 is 2.16 bits per heavy atom. The topological polar surface area (TPSA) is 29.9 Å². The van der Waals surface area contributed by atoms with Crippen molar-refractivity contribution in [3.8, 4) is 5.69 Å². The first kappa shape index (κ1) is 14.8. The molecule has 0 amide bonds. The highest BCUT2D eigenvalue weighted by Gasteiger charge is 2.09. The van der Waals surface area contributed by atoms with Crippen LogP contribution in [0.4, 0.5) is 0 Å². The highest BCUT2D eigenvalue weighted by Crippen LogP contribution is 2.25. The molecule has 1 unspecified atom stereocenters. The second-order valence-corrected chi connectivity index (χ2v) is 6.26. The lowest BCUT2D eigenvalue weighted by atomic mass is 10.1. The third kappa shape index (κ3) is 3.68. The number of hydrogen-bond donors (Lipinski definition) is 1. The first-order chi connectivity index (χ1) is 9.11. The third-order valence-corrected chi connectivity index (χ3v) is 4.01. The SMILES string of the molecule is CCCNC(C)c1ccc(-n2cc(Br)cn2)c(Br)c1. The molecule has 3 nitrogen and oxygen atoms in total. The van der Waals surface area contributed by atoms with Crippen LogP contribution in [0, 0.1) is 0 Å². The zero-order valence-corrected chi connectivity index (χ0v) is 14.2. The Morgan fingerprint density at radius 1 is 1.37 bits per heavy atom. The zero-order chi connectivity index (χ0) is 13.8. The molecule has 102 valence electrons. The fraction of sp³-hybridized carbons (Fsp3) is 0.357. The second-order valence-electron chi connectivity index (χ2n) is 4.49. The lowest BCUT2D eigenvalue weighted by Crippen LogP contribution is -2.19. The van der Waals surface area contributed by atoms with E-state index in [4.69, 9.17) is 0 Å². The molecule has 2 aromatic rings. The molecule has 1 aromatic carbocycles. The van der Waals surface area contributed by atoms with Crippen LogP contribution in [0.3, 0.4) is 0 Å². The van der Waals surface area contributed by atoms with E-state index in [1.807, 2.05) is 10.9 Å². The quantitative estimate of drug-likeness (QED) is 0.822. The average molecular weight is 387 g/mol. The molecule has 0 aliphatic carbocycles. The van der Waals surface area contributed by atoms with Crippen molar-refractivity contribution < 1.29 is 0 Å². The smallest absolute Gasteiger partial charge is 0.0788 e. The first-order valence-corrected chi connectivity index (χ1v) is 7.93. The van der Waals surface area contributed by atoms with E-state index < -0.39 is 0 Å². The summed E-state index contributed by atoms with van der Waals surface area (Å²) < 4.78 is 3.87. The van der Waals surface area contributed by atoms with E-state index in [2.05, 4.69) is 74.3 Å². The summed E-state index contributed by atoms with van der Waals surface area (Å²) in [6.07, 6.45) is 4.87. The standard InChI is InChI=1S/C14H17Br2N3/c1-3-6-17-10(2)11-4-5-14(13(16)7-11)19-9-12(15)8-18-19/h4-5,7-10,17H,3,6H2,1-2H3. The highest BCUT2D eigenvalue weighted by atomic mass is 79.9. The molecule has 0 fully saturated rings. The Balaban J connectivity index is 2.22. The van der Waals surface area contributed by atoms with Crippen LogP contribution in [0.2, 0.25) is 0 Å². The van der Waals surface area contributed by atoms with Crippen LogP contribution in [0.5, 0.6) is 0 Å². The van der Waals surface area contributed by atoms with Crippen molar-refractivity contribution in [2.75, 3.05) is 6.54 Å². The van der Waals surface area contributed by atoms with Gasteiger partial charge in [-0.15, -0.1) is 0 Å². The van der Waals surface area contributed by atoms with E-state index in [0.29, 0.717) is 6.04 Å². The van der Waals surface area contributed by atoms with Crippen LogP contribution in [-0.4, -0.2) is 16.3 Å². The van der Waals surface area contributed by atoms with Gasteiger partial charge in [-0.1, -0.05) is 13.0 Å². The van der Waals surface area contributed by atoms with E-state index in [-0.39, 0.29) is 0 Å². The van der Waals surface area contributed by atoms with Gasteiger partial charge in [-0.25, -0.2) is 4.68 Å². The summed E-state index contributed by atoms with van der Waals surface area (Å²) >= 11 is 7.04. The van der Waals surface area contributed by atoms with Gasteiger partial charge in [0.05, 0.1) is 16.4 Å². The molecular formula is C14H17Br2N3. The van der Waals surface area contributed by atoms with Crippen molar-refractivity contribution in [1.29, 1.82) is 0 Å². The van der Waals surface area contributed by atoms with Gasteiger partial charge in [-0.05, 0) is 69.4 Å². The molecule has 0 saturated carbocycles. The molecule has 0 radical (unpaired) electrons. The van der Waals surface area contributed by atoms with E-state index in [9.17, 15) is 0 Å². The van der Waals surface area contributed by atoms with Crippen LogP contribution in [0.25, 0.3) is 5.69 Å². The van der Waals surface area contributed by atoms with Crippen LogP contribution in [0.1, 0.15) is 31.9 Å². The summed E-state index contributed by atoms with van der Waals surface area (Å²) in [4.78, 5) is 0. The van der Waals surface area contributed by atoms with Gasteiger partial charge in [-0.3, -0.25) is 0 Å². The molecule has 2 rings (SSSR count). The molecule has 0 aliphatic heterocycles. The van der Waals surface area contributed by atoms with Gasteiger partial charge >= 0.3 is 0 Å². The van der Waals surface area contributed by atoms with E-state index >= 15 is 0 Å². The Hall–Kier alpha value is -0.650. The molecule has 1 aromatic heterocycles. The number of nitrogens with one attached hydrogen (secondary N) is 1. The summed E-state index contributed by atoms with van der Waals surface area (Å²) in [6, 6.07) is 6.74. The van der Waals surface area contributed by atoms with E-state index in [0.717, 1.165) is 27.6 Å². The fourth-order valence-electron chi connectivity index (χ4n) is 1.89. The number of benzene rings is 1. The Kier molecular flexibility index (Phi) is 5.19. The molecule has 0 saturated heterocycles. The van der Waals surface area contributed by atoms with Crippen molar-refractivity contribution in [3.05, 3.63) is 45.1 Å². The van der Waals surface area contributed by atoms with Gasteiger partial charge < -0.3 is 5.32 Å². The van der Waals surface area contributed by atoms with Crippen LogP contribution in [-0.2, 0) is 0 Å². The maximum absolute atomic E-state index is 4.30. The predicted molar refractivity (Wildman–Crippen MR) is 85.7 cm³/mol. The van der Waals surface area contributed by atoms with Gasteiger partial charge in [0.1, 0.15) is 0 Å². The Bertz CT molecular complexity index is 551. The third-order valence-electron chi connectivity index (χ3n) is 2.97. The van der Waals surface area contributed by atoms with Gasteiger partial charge in [0.25, 0.3) is 0 Å². The van der Waals surface area contributed by atoms with Crippen molar-refractivity contribution in [2.24, 2.45) is 0 Å². The van der Waals surface area contributed by atoms with E-state index in [1.165, 1.54) is 5.56 Å². The molecule has 0 bridgehead atoms. The summed E-state index contributed by atoms with van der Waals surface area (Å²) in [6.45, 7) is 5.39. The van der Waals surface area contributed by atoms with Gasteiger partial charge in [-0.2, -0.15) is 5.10 Å². The van der Waals surface area contributed by atoms with Crippen molar-refractivity contribution in [1.82, 2.24) is 15.1 Å². The molecule has 1 atom stereocenters. The first-order valence-electron chi connectivity index (χ1n) is 6.35. The lowest BCUT2D eigenvalue weighted by molar-refractivity contribution is 0.570. The van der Waals surface area contributed by atoms with E-state index in [1.54, 1.807) is 6.20 Å². The minimum Gasteiger partial charge on any atom is -0.310 e. The Labute approximate surface area is 130 Å². The Morgan fingerprint density at radius 3 is 2.74 bits per heavy atom. The summed E-state index contributed by atoms with van der Waals surface area (Å²) in [5.74, 6) is 0. The van der Waals surface area contributed by atoms with Crippen LogP contribution >= 0.6 is 31.9 Å². The van der Waals surface area contributed by atoms with Crippen molar-refractivity contribution >= 4 is 31.9 Å². The highest BCUT2D eigenvalue weighted by molar-refractivity contribution is 9.10. The number of aromatic nitrogens is 2. The van der Waals surface area contributed by atoms with Crippen LogP contribution < -0.4 is 5.32 Å². The molecule has 0 spiro atoms. The number of rotatable bonds is 5. The maximum Gasteiger partial charge on any atom is 0.0788 e. The average Bonchev–Trinajstić information content (AvgIpc) is 2.82. The molecule has 1 heterocycles. The molecule has 19 heavy (non-hydrogen) atoms. The minimum atomic E-state index is 0.356. The summed E-state index contributed by atoms with van der Waals surface area (Å²) in [5, 5.41) is 7.78. The van der Waals surface area contributed by atoms with Crippen molar-refractivity contribution in [3.63, 3.8) is 0 Å². The number of hydrogen-bond acceptors (Lipinski definition) is 2. The zero-order valence-electron chi connectivity index (χ0n) is 11.0. The van der Waals surface area contributed by atoms with Gasteiger partial charge in [0.15, 0.2) is 0 Å². The molecule has 1 N–H and O–H groups in total. The fourth-order valence-corrected chi connectivity index (χ4v) is 2.75. The number of halogens is 2. The van der Waals surface area contributed by atoms with Crippen molar-refractivity contribution in [2.45, 2.75) is 26.3 Å². The number of nitrogens with zero attached hydrogens (tertiary/aromatic N) is 2. The lowest BCUT2D eigenvalue weighted by Gasteiger charge is -2.15. The van der Waals surface area contributed by atoms with Crippen LogP contribution in [0.15, 0.2) is 39.5 Å². The predicted octanol–water partition coefficient (Wildman–Crippen LogP) is 4.46. The second kappa shape index (κ2) is 6.68. The molecule has 0 aliphatic rings. The van der Waals surface area contributed by atoms with Gasteiger partial charge in [0, 0.05) is 16.7 Å². The molecular weight excluding hydrogens is 370 g/mol. The normalized spacial score (nSPS) is 12.6. The summed E-state index contributed by atoms with van der Waals surface area (Å²) in [7, 11) is 0.